The lowest BCUT2D eigenvalue weighted by molar-refractivity contribution is -0.146. The number of pyridine rings is 1. The number of aromatic amines is 1. The maximum atomic E-state index is 12.2. The van der Waals surface area contributed by atoms with Crippen molar-refractivity contribution in [1.82, 2.24) is 9.88 Å². The molecular weight excluding hydrogens is 248 g/mol. The van der Waals surface area contributed by atoms with Gasteiger partial charge in [0.15, 0.2) is 0 Å². The predicted octanol–water partition coefficient (Wildman–Crippen LogP) is 0.256. The van der Waals surface area contributed by atoms with E-state index in [-0.39, 0.29) is 29.3 Å². The molecule has 2 rings (SSSR count). The number of likely N-dealkylation sites (tertiary alicyclic amines) is 1. The Labute approximate surface area is 110 Å². The van der Waals surface area contributed by atoms with Crippen LogP contribution in [0.2, 0.25) is 0 Å². The van der Waals surface area contributed by atoms with Crippen molar-refractivity contribution in [2.24, 2.45) is 11.8 Å². The Morgan fingerprint density at radius 1 is 1.37 bits per heavy atom. The molecule has 19 heavy (non-hydrogen) atoms. The van der Waals surface area contributed by atoms with Gasteiger partial charge in [-0.05, 0) is 12.0 Å². The molecule has 0 saturated carbocycles. The van der Waals surface area contributed by atoms with Crippen LogP contribution in [0.4, 0.5) is 0 Å². The van der Waals surface area contributed by atoms with Crippen LogP contribution < -0.4 is 5.56 Å². The van der Waals surface area contributed by atoms with Gasteiger partial charge < -0.3 is 14.6 Å². The molecule has 1 N–H and O–H groups in total. The Balaban J connectivity index is 2.12. The van der Waals surface area contributed by atoms with E-state index < -0.39 is 0 Å². The summed E-state index contributed by atoms with van der Waals surface area (Å²) in [6, 6.07) is 2.79. The van der Waals surface area contributed by atoms with Crippen LogP contribution in [0.3, 0.4) is 0 Å². The van der Waals surface area contributed by atoms with Crippen molar-refractivity contribution in [2.75, 3.05) is 20.2 Å². The molecule has 0 aliphatic carbocycles. The summed E-state index contributed by atoms with van der Waals surface area (Å²) in [5.41, 5.74) is 0.163. The molecule has 1 aromatic heterocycles. The molecule has 2 atom stereocenters. The van der Waals surface area contributed by atoms with Gasteiger partial charge in [0.1, 0.15) is 0 Å². The predicted molar refractivity (Wildman–Crippen MR) is 67.6 cm³/mol. The van der Waals surface area contributed by atoms with Crippen LogP contribution in [0.15, 0.2) is 23.1 Å². The minimum Gasteiger partial charge on any atom is -0.469 e. The molecule has 2 heterocycles. The monoisotopic (exact) mass is 264 g/mol. The summed E-state index contributed by atoms with van der Waals surface area (Å²) in [6.07, 6.45) is 1.39. The third-order valence-electron chi connectivity index (χ3n) is 3.43. The van der Waals surface area contributed by atoms with Gasteiger partial charge >= 0.3 is 5.97 Å². The molecule has 0 spiro atoms. The highest BCUT2D eigenvalue weighted by molar-refractivity contribution is 5.94. The fourth-order valence-electron chi connectivity index (χ4n) is 2.32. The van der Waals surface area contributed by atoms with Gasteiger partial charge in [0.2, 0.25) is 5.56 Å². The molecule has 6 heteroatoms. The molecule has 102 valence electrons. The lowest BCUT2D eigenvalue weighted by Gasteiger charge is -2.15. The van der Waals surface area contributed by atoms with E-state index in [1.54, 1.807) is 4.90 Å². The van der Waals surface area contributed by atoms with Crippen LogP contribution in [0.1, 0.15) is 17.3 Å². The molecule has 1 amide bonds. The molecule has 1 saturated heterocycles. The van der Waals surface area contributed by atoms with Crippen LogP contribution in [-0.4, -0.2) is 42.0 Å². The first kappa shape index (κ1) is 13.3. The van der Waals surface area contributed by atoms with Crippen molar-refractivity contribution in [3.63, 3.8) is 0 Å². The highest BCUT2D eigenvalue weighted by Crippen LogP contribution is 2.25. The van der Waals surface area contributed by atoms with E-state index in [4.69, 9.17) is 4.74 Å². The van der Waals surface area contributed by atoms with Gasteiger partial charge in [0, 0.05) is 25.4 Å². The highest BCUT2D eigenvalue weighted by atomic mass is 16.5. The smallest absolute Gasteiger partial charge is 0.310 e. The molecule has 1 aliphatic heterocycles. The Morgan fingerprint density at radius 2 is 2.11 bits per heavy atom. The van der Waals surface area contributed by atoms with E-state index in [2.05, 4.69) is 4.98 Å². The first-order chi connectivity index (χ1) is 9.02. The molecule has 0 radical (unpaired) electrons. The van der Waals surface area contributed by atoms with Gasteiger partial charge in [-0.15, -0.1) is 0 Å². The number of methoxy groups -OCH3 is 1. The summed E-state index contributed by atoms with van der Waals surface area (Å²) in [6.45, 7) is 2.78. The van der Waals surface area contributed by atoms with Crippen molar-refractivity contribution in [3.05, 3.63) is 34.2 Å². The van der Waals surface area contributed by atoms with E-state index in [1.165, 1.54) is 25.4 Å². The maximum absolute atomic E-state index is 12.2. The molecule has 2 unspecified atom stereocenters. The van der Waals surface area contributed by atoms with E-state index in [0.717, 1.165) is 0 Å². The van der Waals surface area contributed by atoms with Crippen molar-refractivity contribution in [1.29, 1.82) is 0 Å². The number of hydrogen-bond donors (Lipinski definition) is 1. The van der Waals surface area contributed by atoms with E-state index in [0.29, 0.717) is 18.7 Å². The number of nitrogens with zero attached hydrogens (tertiary/aromatic N) is 1. The summed E-state index contributed by atoms with van der Waals surface area (Å²) in [7, 11) is 1.35. The number of rotatable bonds is 2. The molecule has 1 fully saturated rings. The summed E-state index contributed by atoms with van der Waals surface area (Å²) >= 11 is 0. The minimum atomic E-state index is -0.288. The first-order valence-corrected chi connectivity index (χ1v) is 6.08. The van der Waals surface area contributed by atoms with Crippen LogP contribution >= 0.6 is 0 Å². The van der Waals surface area contributed by atoms with Gasteiger partial charge in [0.25, 0.3) is 5.91 Å². The van der Waals surface area contributed by atoms with Gasteiger partial charge in [-0.3, -0.25) is 14.4 Å². The second-order valence-corrected chi connectivity index (χ2v) is 4.76. The van der Waals surface area contributed by atoms with Crippen molar-refractivity contribution in [3.8, 4) is 0 Å². The number of H-pyrrole nitrogens is 1. The standard InChI is InChI=1S/C13H16N2O4/c1-8-6-15(7-10(8)13(18)19-2)12(17)9-3-4-11(16)14-5-9/h3-5,8,10H,6-7H2,1-2H3,(H,14,16). The zero-order valence-electron chi connectivity index (χ0n) is 10.9. The van der Waals surface area contributed by atoms with Gasteiger partial charge in [0.05, 0.1) is 18.6 Å². The topological polar surface area (TPSA) is 79.5 Å². The van der Waals surface area contributed by atoms with Crippen LogP contribution in [0.25, 0.3) is 0 Å². The number of carbonyl (C=O) groups is 2. The van der Waals surface area contributed by atoms with Gasteiger partial charge in [-0.25, -0.2) is 0 Å². The normalized spacial score (nSPS) is 22.3. The Morgan fingerprint density at radius 3 is 2.68 bits per heavy atom. The number of nitrogens with one attached hydrogen (secondary N) is 1. The molecule has 0 aromatic carbocycles. The van der Waals surface area contributed by atoms with Gasteiger partial charge in [-0.1, -0.05) is 6.92 Å². The van der Waals surface area contributed by atoms with Crippen molar-refractivity contribution in [2.45, 2.75) is 6.92 Å². The number of hydrogen-bond acceptors (Lipinski definition) is 4. The van der Waals surface area contributed by atoms with Crippen LogP contribution in [-0.2, 0) is 9.53 Å². The third kappa shape index (κ3) is 2.67. The van der Waals surface area contributed by atoms with Crippen molar-refractivity contribution >= 4 is 11.9 Å². The zero-order valence-corrected chi connectivity index (χ0v) is 10.9. The quantitative estimate of drug-likeness (QED) is 0.777. The third-order valence-corrected chi connectivity index (χ3v) is 3.43. The Hall–Kier alpha value is -2.11. The SMILES string of the molecule is COC(=O)C1CN(C(=O)c2ccc(=O)[nH]c2)CC1C. The zero-order chi connectivity index (χ0) is 14.0. The number of ether oxygens (including phenoxy) is 1. The Kier molecular flexibility index (Phi) is 3.69. The summed E-state index contributed by atoms with van der Waals surface area (Å²) in [5, 5.41) is 0. The second-order valence-electron chi connectivity index (χ2n) is 4.76. The highest BCUT2D eigenvalue weighted by Gasteiger charge is 2.37. The average Bonchev–Trinajstić information content (AvgIpc) is 2.80. The number of carbonyl (C=O) groups excluding carboxylic acids is 2. The molecule has 1 aromatic rings. The minimum absolute atomic E-state index is 0.0687. The Bertz CT molecular complexity index is 531. The molecule has 0 bridgehead atoms. The largest absolute Gasteiger partial charge is 0.469 e. The van der Waals surface area contributed by atoms with E-state index in [9.17, 15) is 14.4 Å². The lowest BCUT2D eigenvalue weighted by atomic mass is 9.99. The van der Waals surface area contributed by atoms with Crippen molar-refractivity contribution < 1.29 is 14.3 Å². The number of aromatic nitrogens is 1. The average molecular weight is 264 g/mol. The second kappa shape index (κ2) is 5.26. The number of amides is 1. The fourth-order valence-corrected chi connectivity index (χ4v) is 2.32. The molecular formula is C13H16N2O4. The van der Waals surface area contributed by atoms with Crippen LogP contribution in [0.5, 0.6) is 0 Å². The first-order valence-electron chi connectivity index (χ1n) is 6.08. The number of esters is 1. The summed E-state index contributed by atoms with van der Waals surface area (Å²) in [5.74, 6) is -0.686. The van der Waals surface area contributed by atoms with Gasteiger partial charge in [-0.2, -0.15) is 0 Å². The fraction of sp³-hybridized carbons (Fsp3) is 0.462. The van der Waals surface area contributed by atoms with E-state index >= 15 is 0 Å². The summed E-state index contributed by atoms with van der Waals surface area (Å²) in [4.78, 5) is 38.8. The van der Waals surface area contributed by atoms with E-state index in [1.807, 2.05) is 6.92 Å². The molecule has 6 nitrogen and oxygen atoms in total. The molecule has 1 aliphatic rings. The summed E-state index contributed by atoms with van der Waals surface area (Å²) < 4.78 is 4.73. The lowest BCUT2D eigenvalue weighted by Crippen LogP contribution is -2.30. The maximum Gasteiger partial charge on any atom is 0.310 e. The van der Waals surface area contributed by atoms with Crippen LogP contribution in [0, 0.1) is 11.8 Å².